The molecule has 0 aliphatic rings. The molecule has 3 N–H and O–H groups in total. The highest BCUT2D eigenvalue weighted by atomic mass is 19.4. The van der Waals surface area contributed by atoms with Gasteiger partial charge >= 0.3 is 6.18 Å². The summed E-state index contributed by atoms with van der Waals surface area (Å²) in [6.45, 7) is 0.907. The third kappa shape index (κ3) is 5.30. The number of alkyl halides is 3. The van der Waals surface area contributed by atoms with Gasteiger partial charge in [-0.3, -0.25) is 10.3 Å². The van der Waals surface area contributed by atoms with E-state index in [4.69, 9.17) is 11.1 Å². The van der Waals surface area contributed by atoms with Crippen LogP contribution in [-0.4, -0.2) is 30.0 Å². The van der Waals surface area contributed by atoms with E-state index in [-0.39, 0.29) is 18.8 Å². The standard InChI is InChI=1S/C13H18F3N3/c1-2-19(9-13(14,15)16)11(8-12(17)18)10-6-4-3-5-7-10/h3-7,11H,2,8-9H2,1H3,(H3,17,18). The monoisotopic (exact) mass is 273 g/mol. The molecule has 1 aromatic carbocycles. The van der Waals surface area contributed by atoms with Crippen molar-refractivity contribution in [2.24, 2.45) is 5.73 Å². The van der Waals surface area contributed by atoms with Crippen molar-refractivity contribution in [3.8, 4) is 0 Å². The van der Waals surface area contributed by atoms with Crippen molar-refractivity contribution in [2.75, 3.05) is 13.1 Å². The average Bonchev–Trinajstić information content (AvgIpc) is 2.33. The van der Waals surface area contributed by atoms with Crippen LogP contribution in [0.5, 0.6) is 0 Å². The third-order valence-corrected chi connectivity index (χ3v) is 2.83. The van der Waals surface area contributed by atoms with Gasteiger partial charge in [-0.05, 0) is 12.1 Å². The first-order valence-electron chi connectivity index (χ1n) is 6.02. The predicted molar refractivity (Wildman–Crippen MR) is 69.0 cm³/mol. The lowest BCUT2D eigenvalue weighted by Gasteiger charge is -2.31. The molecule has 1 aromatic rings. The number of nitrogens with one attached hydrogen (secondary N) is 1. The molecule has 106 valence electrons. The number of nitrogens with zero attached hydrogens (tertiary/aromatic N) is 1. The van der Waals surface area contributed by atoms with Crippen molar-refractivity contribution in [3.63, 3.8) is 0 Å². The predicted octanol–water partition coefficient (Wildman–Crippen LogP) is 2.94. The van der Waals surface area contributed by atoms with Gasteiger partial charge in [0.15, 0.2) is 0 Å². The second kappa shape index (κ2) is 6.56. The van der Waals surface area contributed by atoms with E-state index < -0.39 is 18.8 Å². The van der Waals surface area contributed by atoms with Crippen molar-refractivity contribution >= 4 is 5.84 Å². The summed E-state index contributed by atoms with van der Waals surface area (Å²) >= 11 is 0. The molecule has 0 radical (unpaired) electrons. The highest BCUT2D eigenvalue weighted by Gasteiger charge is 2.33. The number of hydrogen-bond donors (Lipinski definition) is 2. The lowest BCUT2D eigenvalue weighted by atomic mass is 10.0. The van der Waals surface area contributed by atoms with Crippen molar-refractivity contribution in [2.45, 2.75) is 25.6 Å². The van der Waals surface area contributed by atoms with Crippen LogP contribution in [0.4, 0.5) is 13.2 Å². The van der Waals surface area contributed by atoms with Crippen molar-refractivity contribution in [1.29, 1.82) is 5.41 Å². The number of benzene rings is 1. The topological polar surface area (TPSA) is 53.1 Å². The molecular formula is C13H18F3N3. The second-order valence-corrected chi connectivity index (χ2v) is 4.33. The van der Waals surface area contributed by atoms with Gasteiger partial charge in [-0.2, -0.15) is 13.2 Å². The van der Waals surface area contributed by atoms with Crippen LogP contribution in [-0.2, 0) is 0 Å². The maximum atomic E-state index is 12.6. The van der Waals surface area contributed by atoms with E-state index in [1.54, 1.807) is 37.3 Å². The Balaban J connectivity index is 2.98. The van der Waals surface area contributed by atoms with Gasteiger partial charge in [0.05, 0.1) is 12.4 Å². The minimum atomic E-state index is -4.26. The molecule has 0 saturated carbocycles. The van der Waals surface area contributed by atoms with E-state index in [1.165, 1.54) is 4.90 Å². The molecule has 3 nitrogen and oxygen atoms in total. The SMILES string of the molecule is CCN(CC(F)(F)F)C(CC(=N)N)c1ccccc1. The Hall–Kier alpha value is -1.56. The van der Waals surface area contributed by atoms with Crippen LogP contribution in [0.15, 0.2) is 30.3 Å². The first-order chi connectivity index (χ1) is 8.83. The molecule has 0 aromatic heterocycles. The first-order valence-corrected chi connectivity index (χ1v) is 6.02. The van der Waals surface area contributed by atoms with Crippen LogP contribution < -0.4 is 5.73 Å². The van der Waals surface area contributed by atoms with Gasteiger partial charge < -0.3 is 5.73 Å². The van der Waals surface area contributed by atoms with Gasteiger partial charge in [0.1, 0.15) is 0 Å². The van der Waals surface area contributed by atoms with E-state index in [1.807, 2.05) is 0 Å². The lowest BCUT2D eigenvalue weighted by molar-refractivity contribution is -0.150. The van der Waals surface area contributed by atoms with E-state index in [9.17, 15) is 13.2 Å². The fourth-order valence-corrected chi connectivity index (χ4v) is 2.01. The van der Waals surface area contributed by atoms with Gasteiger partial charge in [0.2, 0.25) is 0 Å². The molecule has 0 bridgehead atoms. The maximum Gasteiger partial charge on any atom is 0.401 e. The summed E-state index contributed by atoms with van der Waals surface area (Å²) in [6, 6.07) is 8.33. The Kier molecular flexibility index (Phi) is 5.35. The van der Waals surface area contributed by atoms with E-state index in [2.05, 4.69) is 0 Å². The van der Waals surface area contributed by atoms with Gasteiger partial charge in [-0.15, -0.1) is 0 Å². The molecule has 0 spiro atoms. The summed E-state index contributed by atoms with van der Waals surface area (Å²) in [5.74, 6) is -0.116. The minimum Gasteiger partial charge on any atom is -0.388 e. The summed E-state index contributed by atoms with van der Waals surface area (Å²) in [5, 5.41) is 7.34. The Morgan fingerprint density at radius 3 is 2.32 bits per heavy atom. The molecule has 1 unspecified atom stereocenters. The molecular weight excluding hydrogens is 255 g/mol. The van der Waals surface area contributed by atoms with Gasteiger partial charge in [0, 0.05) is 12.5 Å². The Morgan fingerprint density at radius 1 is 1.32 bits per heavy atom. The molecule has 1 rings (SSSR count). The lowest BCUT2D eigenvalue weighted by Crippen LogP contribution is -2.38. The zero-order valence-electron chi connectivity index (χ0n) is 10.7. The van der Waals surface area contributed by atoms with Crippen LogP contribution >= 0.6 is 0 Å². The molecule has 6 heteroatoms. The fraction of sp³-hybridized carbons (Fsp3) is 0.462. The first kappa shape index (κ1) is 15.5. The minimum absolute atomic E-state index is 0.0912. The number of hydrogen-bond acceptors (Lipinski definition) is 2. The van der Waals surface area contributed by atoms with Gasteiger partial charge in [-0.1, -0.05) is 37.3 Å². The number of amidine groups is 1. The molecule has 0 aliphatic heterocycles. The molecule has 0 heterocycles. The zero-order valence-corrected chi connectivity index (χ0v) is 10.7. The molecule has 0 amide bonds. The number of rotatable bonds is 6. The molecule has 0 aliphatic carbocycles. The summed E-state index contributed by atoms with van der Waals surface area (Å²) in [5.41, 5.74) is 6.10. The van der Waals surface area contributed by atoms with Crippen LogP contribution in [0, 0.1) is 5.41 Å². The Bertz CT molecular complexity index is 403. The fourth-order valence-electron chi connectivity index (χ4n) is 2.01. The van der Waals surface area contributed by atoms with Crippen LogP contribution in [0.2, 0.25) is 0 Å². The summed E-state index contributed by atoms with van der Waals surface area (Å²) < 4.78 is 37.7. The van der Waals surface area contributed by atoms with Crippen LogP contribution in [0.3, 0.4) is 0 Å². The average molecular weight is 273 g/mol. The van der Waals surface area contributed by atoms with E-state index >= 15 is 0 Å². The van der Waals surface area contributed by atoms with Crippen molar-refractivity contribution in [1.82, 2.24) is 4.90 Å². The van der Waals surface area contributed by atoms with Crippen molar-refractivity contribution in [3.05, 3.63) is 35.9 Å². The summed E-state index contributed by atoms with van der Waals surface area (Å²) in [4.78, 5) is 1.29. The van der Waals surface area contributed by atoms with E-state index in [0.717, 1.165) is 5.56 Å². The van der Waals surface area contributed by atoms with Gasteiger partial charge in [-0.25, -0.2) is 0 Å². The highest BCUT2D eigenvalue weighted by Crippen LogP contribution is 2.27. The maximum absolute atomic E-state index is 12.6. The van der Waals surface area contributed by atoms with Gasteiger partial charge in [0.25, 0.3) is 0 Å². The van der Waals surface area contributed by atoms with Crippen molar-refractivity contribution < 1.29 is 13.2 Å². The second-order valence-electron chi connectivity index (χ2n) is 4.33. The number of halogens is 3. The van der Waals surface area contributed by atoms with Crippen LogP contribution in [0.25, 0.3) is 0 Å². The largest absolute Gasteiger partial charge is 0.401 e. The molecule has 0 saturated heterocycles. The highest BCUT2D eigenvalue weighted by molar-refractivity contribution is 5.77. The van der Waals surface area contributed by atoms with Crippen LogP contribution in [0.1, 0.15) is 24.9 Å². The molecule has 1 atom stereocenters. The Morgan fingerprint density at radius 2 is 1.89 bits per heavy atom. The quantitative estimate of drug-likeness (QED) is 0.618. The Labute approximate surface area is 110 Å². The van der Waals surface area contributed by atoms with E-state index in [0.29, 0.717) is 0 Å². The zero-order chi connectivity index (χ0) is 14.5. The molecule has 19 heavy (non-hydrogen) atoms. The summed E-state index contributed by atoms with van der Waals surface area (Å²) in [7, 11) is 0. The number of nitrogens with two attached hydrogens (primary N) is 1. The normalized spacial score (nSPS) is 13.5. The summed E-state index contributed by atoms with van der Waals surface area (Å²) in [6.07, 6.45) is -4.17. The third-order valence-electron chi connectivity index (χ3n) is 2.83. The smallest absolute Gasteiger partial charge is 0.388 e. The molecule has 0 fully saturated rings.